The van der Waals surface area contributed by atoms with Crippen molar-refractivity contribution in [1.29, 1.82) is 0 Å². The first-order chi connectivity index (χ1) is 12.9. The van der Waals surface area contributed by atoms with Crippen molar-refractivity contribution in [2.75, 3.05) is 26.2 Å². The number of carbonyl (C=O) groups is 2. The molecule has 144 valence electrons. The molecule has 1 fully saturated rings. The Labute approximate surface area is 161 Å². The van der Waals surface area contributed by atoms with Gasteiger partial charge in [0.2, 0.25) is 11.8 Å². The van der Waals surface area contributed by atoms with E-state index in [9.17, 15) is 9.59 Å². The van der Waals surface area contributed by atoms with Crippen LogP contribution in [0.3, 0.4) is 0 Å². The van der Waals surface area contributed by atoms with Crippen LogP contribution < -0.4 is 0 Å². The second-order valence-corrected chi connectivity index (χ2v) is 7.54. The Morgan fingerprint density at radius 1 is 0.926 bits per heavy atom. The van der Waals surface area contributed by atoms with Crippen LogP contribution in [0.2, 0.25) is 0 Å². The second-order valence-electron chi connectivity index (χ2n) is 7.54. The average molecular weight is 367 g/mol. The quantitative estimate of drug-likeness (QED) is 0.903. The van der Waals surface area contributed by atoms with E-state index >= 15 is 0 Å². The predicted molar refractivity (Wildman–Crippen MR) is 107 cm³/mol. The molecule has 1 aliphatic heterocycles. The van der Waals surface area contributed by atoms with Crippen LogP contribution in [-0.2, 0) is 22.4 Å². The highest BCUT2D eigenvalue weighted by molar-refractivity contribution is 5.80. The van der Waals surface area contributed by atoms with E-state index < -0.39 is 0 Å². The number of carbonyl (C=O) groups excluding carboxylic acids is 2. The van der Waals surface area contributed by atoms with Crippen LogP contribution in [-0.4, -0.2) is 52.8 Å². The van der Waals surface area contributed by atoms with E-state index in [1.165, 1.54) is 16.7 Å². The SMILES string of the molecule is Cc1cc(C)c(CC(=O)N2CCCN(C(=O)Cc3ccc[nH]3)CC2)c(C)c1. The molecular weight excluding hydrogens is 338 g/mol. The third-order valence-electron chi connectivity index (χ3n) is 5.37. The lowest BCUT2D eigenvalue weighted by molar-refractivity contribution is -0.132. The van der Waals surface area contributed by atoms with Crippen molar-refractivity contribution in [2.45, 2.75) is 40.0 Å². The molecule has 0 aliphatic carbocycles. The highest BCUT2D eigenvalue weighted by atomic mass is 16.2. The summed E-state index contributed by atoms with van der Waals surface area (Å²) in [5.41, 5.74) is 5.65. The fourth-order valence-corrected chi connectivity index (χ4v) is 3.92. The first kappa shape index (κ1) is 19.2. The topological polar surface area (TPSA) is 56.4 Å². The van der Waals surface area contributed by atoms with Crippen LogP contribution in [0, 0.1) is 20.8 Å². The van der Waals surface area contributed by atoms with E-state index in [-0.39, 0.29) is 11.8 Å². The molecule has 1 aromatic carbocycles. The number of nitrogens with zero attached hydrogens (tertiary/aromatic N) is 2. The van der Waals surface area contributed by atoms with Crippen molar-refractivity contribution in [3.63, 3.8) is 0 Å². The van der Waals surface area contributed by atoms with Gasteiger partial charge in [0.15, 0.2) is 0 Å². The molecule has 3 rings (SSSR count). The first-order valence-corrected chi connectivity index (χ1v) is 9.68. The van der Waals surface area contributed by atoms with Crippen LogP contribution in [0.25, 0.3) is 0 Å². The van der Waals surface area contributed by atoms with Gasteiger partial charge in [-0.15, -0.1) is 0 Å². The summed E-state index contributed by atoms with van der Waals surface area (Å²) in [6.07, 6.45) is 3.49. The highest BCUT2D eigenvalue weighted by Gasteiger charge is 2.23. The molecule has 2 amide bonds. The number of aromatic nitrogens is 1. The third-order valence-corrected chi connectivity index (χ3v) is 5.37. The van der Waals surface area contributed by atoms with Gasteiger partial charge in [-0.2, -0.15) is 0 Å². The van der Waals surface area contributed by atoms with Gasteiger partial charge < -0.3 is 14.8 Å². The molecule has 5 heteroatoms. The van der Waals surface area contributed by atoms with Crippen LogP contribution in [0.1, 0.15) is 34.4 Å². The zero-order valence-corrected chi connectivity index (χ0v) is 16.5. The molecule has 0 saturated carbocycles. The molecule has 1 N–H and O–H groups in total. The van der Waals surface area contributed by atoms with E-state index in [1.807, 2.05) is 28.1 Å². The molecule has 0 bridgehead atoms. The van der Waals surface area contributed by atoms with Gasteiger partial charge in [0.05, 0.1) is 12.8 Å². The van der Waals surface area contributed by atoms with E-state index in [1.54, 1.807) is 0 Å². The van der Waals surface area contributed by atoms with Crippen molar-refractivity contribution >= 4 is 11.8 Å². The number of benzene rings is 1. The molecule has 0 unspecified atom stereocenters. The minimum absolute atomic E-state index is 0.122. The number of nitrogens with one attached hydrogen (secondary N) is 1. The van der Waals surface area contributed by atoms with Crippen molar-refractivity contribution in [1.82, 2.24) is 14.8 Å². The number of hydrogen-bond donors (Lipinski definition) is 1. The van der Waals surface area contributed by atoms with Crippen LogP contribution in [0.4, 0.5) is 0 Å². The van der Waals surface area contributed by atoms with Crippen molar-refractivity contribution < 1.29 is 9.59 Å². The van der Waals surface area contributed by atoms with Gasteiger partial charge in [-0.3, -0.25) is 9.59 Å². The Balaban J connectivity index is 1.59. The Kier molecular flexibility index (Phi) is 5.99. The molecule has 0 radical (unpaired) electrons. The molecule has 1 saturated heterocycles. The average Bonchev–Trinajstić information content (AvgIpc) is 2.99. The maximum Gasteiger partial charge on any atom is 0.228 e. The predicted octanol–water partition coefficient (Wildman–Crippen LogP) is 2.79. The largest absolute Gasteiger partial charge is 0.365 e. The maximum atomic E-state index is 12.9. The molecule has 2 aromatic rings. The zero-order chi connectivity index (χ0) is 19.4. The molecule has 0 spiro atoms. The molecular formula is C22H29N3O2. The second kappa shape index (κ2) is 8.42. The Hall–Kier alpha value is -2.56. The Morgan fingerprint density at radius 2 is 1.52 bits per heavy atom. The number of rotatable bonds is 4. The monoisotopic (exact) mass is 367 g/mol. The van der Waals surface area contributed by atoms with E-state index in [0.717, 1.165) is 24.2 Å². The normalized spacial score (nSPS) is 14.9. The molecule has 1 aliphatic rings. The Bertz CT molecular complexity index is 788. The van der Waals surface area contributed by atoms with E-state index in [4.69, 9.17) is 0 Å². The van der Waals surface area contributed by atoms with Gasteiger partial charge in [0.25, 0.3) is 0 Å². The lowest BCUT2D eigenvalue weighted by Crippen LogP contribution is -2.38. The molecule has 2 heterocycles. The van der Waals surface area contributed by atoms with Gasteiger partial charge in [-0.05, 0) is 56.0 Å². The Morgan fingerprint density at radius 3 is 2.07 bits per heavy atom. The summed E-state index contributed by atoms with van der Waals surface area (Å²) in [6.45, 7) is 8.88. The van der Waals surface area contributed by atoms with Crippen LogP contribution in [0.15, 0.2) is 30.5 Å². The number of aryl methyl sites for hydroxylation is 3. The fraction of sp³-hybridized carbons (Fsp3) is 0.455. The molecule has 27 heavy (non-hydrogen) atoms. The number of H-pyrrole nitrogens is 1. The van der Waals surface area contributed by atoms with Gasteiger partial charge in [-0.25, -0.2) is 0 Å². The van der Waals surface area contributed by atoms with Crippen molar-refractivity contribution in [3.05, 3.63) is 58.4 Å². The summed E-state index contributed by atoms with van der Waals surface area (Å²) in [5.74, 6) is 0.278. The molecule has 0 atom stereocenters. The summed E-state index contributed by atoms with van der Waals surface area (Å²) in [5, 5.41) is 0. The summed E-state index contributed by atoms with van der Waals surface area (Å²) < 4.78 is 0. The van der Waals surface area contributed by atoms with Crippen molar-refractivity contribution in [2.24, 2.45) is 0 Å². The molecule has 1 aromatic heterocycles. The highest BCUT2D eigenvalue weighted by Crippen LogP contribution is 2.18. The van der Waals surface area contributed by atoms with Crippen LogP contribution >= 0.6 is 0 Å². The lowest BCUT2D eigenvalue weighted by atomic mass is 9.97. The van der Waals surface area contributed by atoms with Gasteiger partial charge >= 0.3 is 0 Å². The minimum atomic E-state index is 0.122. The van der Waals surface area contributed by atoms with Crippen LogP contribution in [0.5, 0.6) is 0 Å². The van der Waals surface area contributed by atoms with E-state index in [0.29, 0.717) is 32.5 Å². The third kappa shape index (κ3) is 4.79. The summed E-state index contributed by atoms with van der Waals surface area (Å²) in [6, 6.07) is 8.11. The zero-order valence-electron chi connectivity index (χ0n) is 16.5. The summed E-state index contributed by atoms with van der Waals surface area (Å²) in [7, 11) is 0. The smallest absolute Gasteiger partial charge is 0.228 e. The fourth-order valence-electron chi connectivity index (χ4n) is 3.92. The number of aromatic amines is 1. The first-order valence-electron chi connectivity index (χ1n) is 9.68. The van der Waals surface area contributed by atoms with Gasteiger partial charge in [0.1, 0.15) is 0 Å². The maximum absolute atomic E-state index is 12.9. The van der Waals surface area contributed by atoms with Crippen molar-refractivity contribution in [3.8, 4) is 0 Å². The lowest BCUT2D eigenvalue weighted by Gasteiger charge is -2.23. The van der Waals surface area contributed by atoms with Gasteiger partial charge in [0, 0.05) is 38.1 Å². The summed E-state index contributed by atoms with van der Waals surface area (Å²) in [4.78, 5) is 32.3. The number of amides is 2. The summed E-state index contributed by atoms with van der Waals surface area (Å²) >= 11 is 0. The molecule has 5 nitrogen and oxygen atoms in total. The number of hydrogen-bond acceptors (Lipinski definition) is 2. The van der Waals surface area contributed by atoms with Gasteiger partial charge in [-0.1, -0.05) is 17.7 Å². The standard InChI is InChI=1S/C22H29N3O2/c1-16-12-17(2)20(18(3)13-16)15-22(27)25-9-5-8-24(10-11-25)21(26)14-19-6-4-7-23-19/h4,6-7,12-13,23H,5,8-11,14-15H2,1-3H3. The minimum Gasteiger partial charge on any atom is -0.365 e. The van der Waals surface area contributed by atoms with E-state index in [2.05, 4.69) is 37.9 Å².